The number of hydrogen-bond acceptors (Lipinski definition) is 6. The molecule has 2 atom stereocenters. The van der Waals surface area contributed by atoms with E-state index in [1.807, 2.05) is 44.4 Å². The highest BCUT2D eigenvalue weighted by Crippen LogP contribution is 2.34. The molecule has 0 saturated heterocycles. The summed E-state index contributed by atoms with van der Waals surface area (Å²) >= 11 is 1.70. The van der Waals surface area contributed by atoms with Crippen molar-refractivity contribution in [1.29, 1.82) is 0 Å². The van der Waals surface area contributed by atoms with Crippen LogP contribution in [-0.2, 0) is 16.0 Å². The number of ether oxygens (including phenoxy) is 2. The molecule has 0 unspecified atom stereocenters. The first-order valence-corrected chi connectivity index (χ1v) is 12.7. The molecule has 0 bridgehead atoms. The lowest BCUT2D eigenvalue weighted by Crippen LogP contribution is -2.49. The molecule has 34 heavy (non-hydrogen) atoms. The van der Waals surface area contributed by atoms with Crippen LogP contribution in [0.5, 0.6) is 5.75 Å². The van der Waals surface area contributed by atoms with Crippen LogP contribution in [-0.4, -0.2) is 71.4 Å². The Morgan fingerprint density at radius 1 is 1.26 bits per heavy atom. The lowest BCUT2D eigenvalue weighted by molar-refractivity contribution is -0.137. The molecular weight excluding hydrogens is 455 g/mol. The number of hydrogen-bond donors (Lipinski definition) is 1. The SMILES string of the molecule is CC(C)N(CC(=O)N1CCc2sccc2[C@H]1COc1ccc(F)cc1)C[C@H](O)COC(C)(C)C. The average Bonchev–Trinajstić information content (AvgIpc) is 3.25. The number of thiophene rings is 1. The second-order valence-electron chi connectivity index (χ2n) is 10.0. The number of benzene rings is 1. The van der Waals surface area contributed by atoms with Gasteiger partial charge in [-0.25, -0.2) is 4.39 Å². The molecular formula is C26H37FN2O4S. The van der Waals surface area contributed by atoms with Crippen molar-refractivity contribution < 1.29 is 23.8 Å². The van der Waals surface area contributed by atoms with Crippen LogP contribution in [0.2, 0.25) is 0 Å². The fourth-order valence-electron chi connectivity index (χ4n) is 3.97. The summed E-state index contributed by atoms with van der Waals surface area (Å²) < 4.78 is 24.9. The van der Waals surface area contributed by atoms with Gasteiger partial charge in [-0.3, -0.25) is 9.69 Å². The van der Waals surface area contributed by atoms with Gasteiger partial charge in [0.05, 0.1) is 30.9 Å². The number of aliphatic hydroxyl groups excluding tert-OH is 1. The monoisotopic (exact) mass is 492 g/mol. The maximum Gasteiger partial charge on any atom is 0.237 e. The summed E-state index contributed by atoms with van der Waals surface area (Å²) in [5.41, 5.74) is 0.782. The van der Waals surface area contributed by atoms with Crippen LogP contribution < -0.4 is 4.74 Å². The van der Waals surface area contributed by atoms with E-state index < -0.39 is 6.10 Å². The molecule has 3 rings (SSSR count). The molecule has 1 aliphatic heterocycles. The summed E-state index contributed by atoms with van der Waals surface area (Å²) in [6.07, 6.45) is 0.132. The number of fused-ring (bicyclic) bond motifs is 1. The van der Waals surface area contributed by atoms with Gasteiger partial charge in [0.1, 0.15) is 18.2 Å². The molecule has 8 heteroatoms. The Morgan fingerprint density at radius 2 is 1.97 bits per heavy atom. The fourth-order valence-corrected chi connectivity index (χ4v) is 4.90. The standard InChI is InChI=1S/C26H37FN2O4S/c1-18(2)28(14-20(30)16-33-26(3,4)5)15-25(31)29-12-10-24-22(11-13-34-24)23(29)17-32-21-8-6-19(27)7-9-21/h6-9,11,13,18,20,23,30H,10,12,14-17H2,1-5H3/t20-,23+/m0/s1. The molecule has 0 spiro atoms. The van der Waals surface area contributed by atoms with Crippen molar-refractivity contribution in [3.63, 3.8) is 0 Å². The van der Waals surface area contributed by atoms with Gasteiger partial charge in [-0.05, 0) is 82.3 Å². The molecule has 0 aliphatic carbocycles. The molecule has 0 radical (unpaired) electrons. The smallest absolute Gasteiger partial charge is 0.237 e. The quantitative estimate of drug-likeness (QED) is 0.537. The van der Waals surface area contributed by atoms with E-state index in [0.29, 0.717) is 25.4 Å². The number of amides is 1. The van der Waals surface area contributed by atoms with Crippen LogP contribution in [0.3, 0.4) is 0 Å². The predicted octanol–water partition coefficient (Wildman–Crippen LogP) is 4.28. The van der Waals surface area contributed by atoms with Gasteiger partial charge < -0.3 is 19.5 Å². The van der Waals surface area contributed by atoms with Crippen LogP contribution in [0, 0.1) is 5.82 Å². The number of nitrogens with zero attached hydrogens (tertiary/aromatic N) is 2. The minimum Gasteiger partial charge on any atom is -0.491 e. The molecule has 2 aromatic rings. The van der Waals surface area contributed by atoms with Crippen LogP contribution in [0.25, 0.3) is 0 Å². The number of aliphatic hydroxyl groups is 1. The Balaban J connectivity index is 1.68. The third-order valence-corrected chi connectivity index (χ3v) is 6.86. The van der Waals surface area contributed by atoms with Crippen molar-refractivity contribution in [3.05, 3.63) is 52.0 Å². The minimum atomic E-state index is -0.683. The topological polar surface area (TPSA) is 62.2 Å². The van der Waals surface area contributed by atoms with Crippen LogP contribution in [0.1, 0.15) is 51.1 Å². The summed E-state index contributed by atoms with van der Waals surface area (Å²) in [5.74, 6) is 0.259. The first kappa shape index (κ1) is 26.6. The van der Waals surface area contributed by atoms with Gasteiger partial charge in [-0.1, -0.05) is 0 Å². The summed E-state index contributed by atoms with van der Waals surface area (Å²) in [6.45, 7) is 11.6. The second kappa shape index (κ2) is 11.6. The van der Waals surface area contributed by atoms with E-state index >= 15 is 0 Å². The third kappa shape index (κ3) is 7.50. The van der Waals surface area contributed by atoms with E-state index in [9.17, 15) is 14.3 Å². The van der Waals surface area contributed by atoms with Crippen LogP contribution in [0.15, 0.2) is 35.7 Å². The van der Waals surface area contributed by atoms with Gasteiger partial charge in [0.15, 0.2) is 0 Å². The van der Waals surface area contributed by atoms with Gasteiger partial charge in [0.25, 0.3) is 0 Å². The number of carbonyl (C=O) groups excluding carboxylic acids is 1. The van der Waals surface area contributed by atoms with Gasteiger partial charge in [-0.15, -0.1) is 11.3 Å². The Kier molecular flexibility index (Phi) is 9.09. The summed E-state index contributed by atoms with van der Waals surface area (Å²) in [4.78, 5) is 18.6. The summed E-state index contributed by atoms with van der Waals surface area (Å²) in [5, 5.41) is 12.6. The molecule has 1 aliphatic rings. The Morgan fingerprint density at radius 3 is 2.62 bits per heavy atom. The average molecular weight is 493 g/mol. The Labute approximate surface area is 206 Å². The van der Waals surface area contributed by atoms with Gasteiger partial charge in [-0.2, -0.15) is 0 Å². The molecule has 0 fully saturated rings. The highest BCUT2D eigenvalue weighted by molar-refractivity contribution is 7.10. The van der Waals surface area contributed by atoms with Crippen LogP contribution in [0.4, 0.5) is 4.39 Å². The normalized spacial score (nSPS) is 17.2. The van der Waals surface area contributed by atoms with Crippen molar-refractivity contribution in [2.75, 3.05) is 32.8 Å². The highest BCUT2D eigenvalue weighted by atomic mass is 32.1. The van der Waals surface area contributed by atoms with Crippen molar-refractivity contribution in [2.45, 2.75) is 64.8 Å². The van der Waals surface area contributed by atoms with Gasteiger partial charge >= 0.3 is 0 Å². The minimum absolute atomic E-state index is 0.00203. The molecule has 1 aromatic heterocycles. The maximum absolute atomic E-state index is 13.5. The zero-order valence-corrected chi connectivity index (χ0v) is 21.6. The zero-order chi connectivity index (χ0) is 24.9. The molecule has 1 N–H and O–H groups in total. The second-order valence-corrected chi connectivity index (χ2v) is 11.0. The van der Waals surface area contributed by atoms with Crippen LogP contribution >= 0.6 is 11.3 Å². The third-order valence-electron chi connectivity index (χ3n) is 5.86. The Bertz CT molecular complexity index is 926. The predicted molar refractivity (Wildman–Crippen MR) is 133 cm³/mol. The van der Waals surface area contributed by atoms with Gasteiger partial charge in [0, 0.05) is 24.0 Å². The van der Waals surface area contributed by atoms with Gasteiger partial charge in [0.2, 0.25) is 5.91 Å². The molecule has 0 saturated carbocycles. The lowest BCUT2D eigenvalue weighted by atomic mass is 10.00. The van der Waals surface area contributed by atoms with E-state index in [0.717, 1.165) is 12.0 Å². The number of halogens is 1. The lowest BCUT2D eigenvalue weighted by Gasteiger charge is -2.38. The number of rotatable bonds is 10. The molecule has 6 nitrogen and oxygen atoms in total. The zero-order valence-electron chi connectivity index (χ0n) is 20.8. The molecule has 1 aromatic carbocycles. The largest absolute Gasteiger partial charge is 0.491 e. The summed E-state index contributed by atoms with van der Waals surface area (Å²) in [6, 6.07) is 7.86. The van der Waals surface area contributed by atoms with E-state index in [2.05, 4.69) is 11.4 Å². The first-order valence-electron chi connectivity index (χ1n) is 11.8. The highest BCUT2D eigenvalue weighted by Gasteiger charge is 2.33. The molecule has 188 valence electrons. The van der Waals surface area contributed by atoms with Crippen molar-refractivity contribution >= 4 is 17.2 Å². The number of carbonyl (C=O) groups is 1. The fraction of sp³-hybridized carbons (Fsp3) is 0.577. The summed E-state index contributed by atoms with van der Waals surface area (Å²) in [7, 11) is 0. The molecule has 2 heterocycles. The van der Waals surface area contributed by atoms with E-state index in [1.54, 1.807) is 23.5 Å². The Hall–Kier alpha value is -2.00. The van der Waals surface area contributed by atoms with E-state index in [-0.39, 0.29) is 42.6 Å². The van der Waals surface area contributed by atoms with Crippen molar-refractivity contribution in [2.24, 2.45) is 0 Å². The van der Waals surface area contributed by atoms with Crippen molar-refractivity contribution in [1.82, 2.24) is 9.80 Å². The van der Waals surface area contributed by atoms with E-state index in [1.165, 1.54) is 17.0 Å². The first-order chi connectivity index (χ1) is 16.0. The molecule has 1 amide bonds. The van der Waals surface area contributed by atoms with E-state index in [4.69, 9.17) is 9.47 Å². The van der Waals surface area contributed by atoms with Crippen molar-refractivity contribution in [3.8, 4) is 5.75 Å². The maximum atomic E-state index is 13.5.